The lowest BCUT2D eigenvalue weighted by Crippen LogP contribution is -2.32. The fraction of sp³-hybridized carbons (Fsp3) is 0.353. The number of ether oxygens (including phenoxy) is 1. The molecule has 2 fully saturated rings. The molecule has 3 aliphatic rings. The number of hydrogen-bond acceptors (Lipinski definition) is 4. The van der Waals surface area contributed by atoms with E-state index in [4.69, 9.17) is 0 Å². The van der Waals surface area contributed by atoms with Gasteiger partial charge in [0.05, 0.1) is 24.6 Å². The highest BCUT2D eigenvalue weighted by atomic mass is 16.5. The summed E-state index contributed by atoms with van der Waals surface area (Å²) >= 11 is 0. The Balaban J connectivity index is 1.58. The van der Waals surface area contributed by atoms with Gasteiger partial charge in [-0.1, -0.05) is 12.2 Å². The summed E-state index contributed by atoms with van der Waals surface area (Å²) in [4.78, 5) is 37.8. The van der Waals surface area contributed by atoms with Gasteiger partial charge in [-0.2, -0.15) is 0 Å². The van der Waals surface area contributed by atoms with Gasteiger partial charge in [0.25, 0.3) is 0 Å². The van der Waals surface area contributed by atoms with Crippen molar-refractivity contribution in [1.29, 1.82) is 0 Å². The van der Waals surface area contributed by atoms with Crippen LogP contribution in [0, 0.1) is 23.7 Å². The normalized spacial score (nSPS) is 30.7. The number of anilines is 2. The second kappa shape index (κ2) is 4.94. The number of hydrogen-bond donors (Lipinski definition) is 1. The van der Waals surface area contributed by atoms with Gasteiger partial charge >= 0.3 is 6.09 Å². The maximum absolute atomic E-state index is 12.7. The van der Waals surface area contributed by atoms with Gasteiger partial charge in [0.1, 0.15) is 0 Å². The standard InChI is InChI=1S/C17H16N2O4/c1-23-17(22)18-11-4-6-12(7-5-11)19-15(20)13-9-2-3-10(8-9)14(13)16(19)21/h2-7,9-10,13-14H,8H2,1H3,(H,18,22)/t9-,10-,13-,14+/m0/s1. The van der Waals surface area contributed by atoms with E-state index >= 15 is 0 Å². The molecule has 2 aliphatic carbocycles. The molecule has 1 N–H and O–H groups in total. The first-order valence-corrected chi connectivity index (χ1v) is 7.61. The second-order valence-electron chi connectivity index (χ2n) is 6.18. The Kier molecular flexibility index (Phi) is 3.01. The number of allylic oxidation sites excluding steroid dienone is 2. The summed E-state index contributed by atoms with van der Waals surface area (Å²) in [5.74, 6) is -0.217. The van der Waals surface area contributed by atoms with Gasteiger partial charge < -0.3 is 4.74 Å². The Morgan fingerprint density at radius 2 is 1.65 bits per heavy atom. The topological polar surface area (TPSA) is 75.7 Å². The molecular weight excluding hydrogens is 296 g/mol. The molecule has 4 rings (SSSR count). The van der Waals surface area contributed by atoms with Gasteiger partial charge in [-0.3, -0.25) is 19.8 Å². The lowest BCUT2D eigenvalue weighted by atomic mass is 9.85. The number of fused-ring (bicyclic) bond motifs is 5. The van der Waals surface area contributed by atoms with E-state index in [1.807, 2.05) is 0 Å². The van der Waals surface area contributed by atoms with Crippen LogP contribution in [0.15, 0.2) is 36.4 Å². The van der Waals surface area contributed by atoms with Crippen molar-refractivity contribution in [3.63, 3.8) is 0 Å². The van der Waals surface area contributed by atoms with Crippen molar-refractivity contribution in [1.82, 2.24) is 0 Å². The Labute approximate surface area is 133 Å². The van der Waals surface area contributed by atoms with Crippen LogP contribution in [0.4, 0.5) is 16.2 Å². The first kappa shape index (κ1) is 14.0. The lowest BCUT2D eigenvalue weighted by Gasteiger charge is -2.17. The molecule has 6 nitrogen and oxygen atoms in total. The van der Waals surface area contributed by atoms with E-state index in [1.165, 1.54) is 12.0 Å². The largest absolute Gasteiger partial charge is 0.453 e. The zero-order chi connectivity index (χ0) is 16.1. The van der Waals surface area contributed by atoms with Crippen molar-refractivity contribution in [2.24, 2.45) is 23.7 Å². The van der Waals surface area contributed by atoms with Crippen LogP contribution in [0.25, 0.3) is 0 Å². The fourth-order valence-electron chi connectivity index (χ4n) is 4.02. The zero-order valence-corrected chi connectivity index (χ0v) is 12.6. The number of methoxy groups -OCH3 is 1. The number of carbonyl (C=O) groups excluding carboxylic acids is 3. The minimum atomic E-state index is -0.566. The highest BCUT2D eigenvalue weighted by Crippen LogP contribution is 2.53. The first-order chi connectivity index (χ1) is 11.1. The third-order valence-electron chi connectivity index (χ3n) is 5.03. The number of benzene rings is 1. The monoisotopic (exact) mass is 312 g/mol. The minimum Gasteiger partial charge on any atom is -0.453 e. The zero-order valence-electron chi connectivity index (χ0n) is 12.6. The molecule has 0 spiro atoms. The van der Waals surface area contributed by atoms with Crippen LogP contribution in [0.3, 0.4) is 0 Å². The Bertz CT molecular complexity index is 695. The van der Waals surface area contributed by atoms with Crippen molar-refractivity contribution < 1.29 is 19.1 Å². The summed E-state index contributed by atoms with van der Waals surface area (Å²) < 4.78 is 4.52. The molecule has 6 heteroatoms. The van der Waals surface area contributed by atoms with Crippen molar-refractivity contribution in [3.05, 3.63) is 36.4 Å². The SMILES string of the molecule is COC(=O)Nc1ccc(N2C(=O)[C@@H]3[C@H](C2=O)[C@H]2C=C[C@H]3C2)cc1. The van der Waals surface area contributed by atoms with Crippen LogP contribution in [-0.4, -0.2) is 25.0 Å². The molecule has 1 aromatic carbocycles. The van der Waals surface area contributed by atoms with Crippen LogP contribution in [0.5, 0.6) is 0 Å². The van der Waals surface area contributed by atoms with Crippen molar-refractivity contribution in [3.8, 4) is 0 Å². The summed E-state index contributed by atoms with van der Waals surface area (Å²) in [6, 6.07) is 6.62. The van der Waals surface area contributed by atoms with Gasteiger partial charge in [-0.05, 0) is 42.5 Å². The predicted octanol–water partition coefficient (Wildman–Crippen LogP) is 2.18. The summed E-state index contributed by atoms with van der Waals surface area (Å²) in [6.45, 7) is 0. The van der Waals surface area contributed by atoms with Crippen LogP contribution < -0.4 is 10.2 Å². The number of rotatable bonds is 2. The van der Waals surface area contributed by atoms with E-state index in [-0.39, 0.29) is 35.5 Å². The van der Waals surface area contributed by atoms with Crippen LogP contribution >= 0.6 is 0 Å². The van der Waals surface area contributed by atoms with Crippen molar-refractivity contribution >= 4 is 29.3 Å². The molecule has 23 heavy (non-hydrogen) atoms. The number of amides is 3. The van der Waals surface area contributed by atoms with Crippen LogP contribution in [0.1, 0.15) is 6.42 Å². The maximum Gasteiger partial charge on any atom is 0.411 e. The Hall–Kier alpha value is -2.63. The van der Waals surface area contributed by atoms with Gasteiger partial charge in [-0.25, -0.2) is 4.79 Å². The molecule has 1 heterocycles. The second-order valence-corrected chi connectivity index (χ2v) is 6.18. The van der Waals surface area contributed by atoms with E-state index in [9.17, 15) is 14.4 Å². The summed E-state index contributed by atoms with van der Waals surface area (Å²) in [6.07, 6.45) is 4.50. The van der Waals surface area contributed by atoms with Crippen LogP contribution in [0.2, 0.25) is 0 Å². The Morgan fingerprint density at radius 1 is 1.09 bits per heavy atom. The van der Waals surface area contributed by atoms with Gasteiger partial charge in [0.15, 0.2) is 0 Å². The molecule has 118 valence electrons. The lowest BCUT2D eigenvalue weighted by molar-refractivity contribution is -0.123. The molecule has 1 saturated heterocycles. The summed E-state index contributed by atoms with van der Waals surface area (Å²) in [5.41, 5.74) is 1.09. The molecule has 0 aromatic heterocycles. The summed E-state index contributed by atoms with van der Waals surface area (Å²) in [7, 11) is 1.28. The average molecular weight is 312 g/mol. The van der Waals surface area contributed by atoms with E-state index in [0.29, 0.717) is 11.4 Å². The molecule has 1 saturated carbocycles. The van der Waals surface area contributed by atoms with Crippen molar-refractivity contribution in [2.45, 2.75) is 6.42 Å². The highest BCUT2D eigenvalue weighted by Gasteiger charge is 2.59. The quantitative estimate of drug-likeness (QED) is 0.671. The predicted molar refractivity (Wildman–Crippen MR) is 82.7 cm³/mol. The molecule has 1 aliphatic heterocycles. The number of nitrogens with zero attached hydrogens (tertiary/aromatic N) is 1. The molecular formula is C17H16N2O4. The van der Waals surface area contributed by atoms with Crippen molar-refractivity contribution in [2.75, 3.05) is 17.3 Å². The van der Waals surface area contributed by atoms with Gasteiger partial charge in [0.2, 0.25) is 11.8 Å². The molecule has 1 aromatic rings. The van der Waals surface area contributed by atoms with E-state index in [0.717, 1.165) is 6.42 Å². The molecule has 0 radical (unpaired) electrons. The van der Waals surface area contributed by atoms with E-state index in [2.05, 4.69) is 22.2 Å². The maximum atomic E-state index is 12.7. The van der Waals surface area contributed by atoms with Gasteiger partial charge in [-0.15, -0.1) is 0 Å². The molecule has 2 bridgehead atoms. The molecule has 4 atom stereocenters. The minimum absolute atomic E-state index is 0.106. The molecule has 3 amide bonds. The van der Waals surface area contributed by atoms with Crippen LogP contribution in [-0.2, 0) is 14.3 Å². The number of nitrogens with one attached hydrogen (secondary N) is 1. The van der Waals surface area contributed by atoms with E-state index in [1.54, 1.807) is 24.3 Å². The smallest absolute Gasteiger partial charge is 0.411 e. The van der Waals surface area contributed by atoms with E-state index < -0.39 is 6.09 Å². The third-order valence-corrected chi connectivity index (χ3v) is 5.03. The highest BCUT2D eigenvalue weighted by molar-refractivity contribution is 6.22. The summed E-state index contributed by atoms with van der Waals surface area (Å²) in [5, 5.41) is 2.54. The fourth-order valence-corrected chi connectivity index (χ4v) is 4.02. The third kappa shape index (κ3) is 1.98. The van der Waals surface area contributed by atoms with Gasteiger partial charge in [0, 0.05) is 5.69 Å². The average Bonchev–Trinajstić information content (AvgIpc) is 3.23. The number of imide groups is 1. The molecule has 0 unspecified atom stereocenters. The Morgan fingerprint density at radius 3 is 2.17 bits per heavy atom. The first-order valence-electron chi connectivity index (χ1n) is 7.61. The number of carbonyl (C=O) groups is 3.